The van der Waals surface area contributed by atoms with Crippen LogP contribution in [0.2, 0.25) is 5.02 Å². The summed E-state index contributed by atoms with van der Waals surface area (Å²) in [7, 11) is 0. The molecule has 2 aromatic rings. The molecule has 0 aromatic heterocycles. The van der Waals surface area contributed by atoms with Gasteiger partial charge in [0.1, 0.15) is 12.1 Å². The molecule has 7 heteroatoms. The van der Waals surface area contributed by atoms with E-state index in [4.69, 9.17) is 11.6 Å². The number of nitrogens with one attached hydrogen (secondary N) is 2. The maximum Gasteiger partial charge on any atom is 0.325 e. The summed E-state index contributed by atoms with van der Waals surface area (Å²) in [5.74, 6) is -0.974. The van der Waals surface area contributed by atoms with Gasteiger partial charge in [0, 0.05) is 0 Å². The lowest BCUT2D eigenvalue weighted by Crippen LogP contribution is -2.42. The van der Waals surface area contributed by atoms with E-state index < -0.39 is 29.9 Å². The predicted molar refractivity (Wildman–Crippen MR) is 118 cm³/mol. The summed E-state index contributed by atoms with van der Waals surface area (Å²) >= 11 is 6.14. The Morgan fingerprint density at radius 2 is 1.77 bits per heavy atom. The molecule has 0 bridgehead atoms. The van der Waals surface area contributed by atoms with Crippen LogP contribution < -0.4 is 10.6 Å². The maximum atomic E-state index is 13.1. The quantitative estimate of drug-likeness (QED) is 0.712. The van der Waals surface area contributed by atoms with Crippen molar-refractivity contribution in [1.29, 1.82) is 0 Å². The van der Waals surface area contributed by atoms with Crippen molar-refractivity contribution >= 4 is 35.1 Å². The van der Waals surface area contributed by atoms with Gasteiger partial charge in [0.15, 0.2) is 0 Å². The van der Waals surface area contributed by atoms with Crippen LogP contribution in [0.1, 0.15) is 44.4 Å². The molecule has 2 N–H and O–H groups in total. The molecule has 6 nitrogen and oxygen atoms in total. The van der Waals surface area contributed by atoms with Gasteiger partial charge in [-0.3, -0.25) is 14.5 Å². The van der Waals surface area contributed by atoms with E-state index in [0.29, 0.717) is 16.3 Å². The Hall–Kier alpha value is -2.86. The number of benzene rings is 2. The minimum Gasteiger partial charge on any atom is -0.323 e. The van der Waals surface area contributed by atoms with Crippen LogP contribution in [0.5, 0.6) is 0 Å². The molecule has 0 aliphatic carbocycles. The van der Waals surface area contributed by atoms with Gasteiger partial charge in [-0.2, -0.15) is 0 Å². The first-order chi connectivity index (χ1) is 13.9. The second-order valence-electron chi connectivity index (χ2n) is 8.81. The highest BCUT2D eigenvalue weighted by atomic mass is 35.5. The van der Waals surface area contributed by atoms with E-state index in [-0.39, 0.29) is 5.41 Å². The molecular formula is C23H26ClN3O3. The van der Waals surface area contributed by atoms with Gasteiger partial charge in [-0.05, 0) is 48.1 Å². The SMILES string of the molecule is Cc1ccc(NC(=O)CN2C(=O)NC(C)(c3ccc(C(C)(C)C)cc3)C2=O)c(Cl)c1. The molecule has 2 aromatic carbocycles. The first kappa shape index (κ1) is 21.8. The second kappa shape index (κ2) is 7.76. The topological polar surface area (TPSA) is 78.5 Å². The summed E-state index contributed by atoms with van der Waals surface area (Å²) in [5, 5.41) is 5.77. The van der Waals surface area contributed by atoms with Gasteiger partial charge < -0.3 is 10.6 Å². The van der Waals surface area contributed by atoms with Gasteiger partial charge in [-0.15, -0.1) is 0 Å². The Kier molecular flexibility index (Phi) is 5.65. The fourth-order valence-corrected chi connectivity index (χ4v) is 3.68. The van der Waals surface area contributed by atoms with E-state index in [9.17, 15) is 14.4 Å². The van der Waals surface area contributed by atoms with Crippen molar-refractivity contribution in [2.45, 2.75) is 45.6 Å². The monoisotopic (exact) mass is 427 g/mol. The molecular weight excluding hydrogens is 402 g/mol. The summed E-state index contributed by atoms with van der Waals surface area (Å²) in [6.07, 6.45) is 0. The Morgan fingerprint density at radius 3 is 2.33 bits per heavy atom. The standard InChI is InChI=1S/C23H26ClN3O3/c1-14-6-11-18(17(24)12-14)25-19(28)13-27-20(29)23(5,26-21(27)30)16-9-7-15(8-10-16)22(2,3)4/h6-12H,13H2,1-5H3,(H,25,28)(H,26,30). The maximum absolute atomic E-state index is 13.1. The smallest absolute Gasteiger partial charge is 0.323 e. The lowest BCUT2D eigenvalue weighted by Gasteiger charge is -2.24. The van der Waals surface area contributed by atoms with Gasteiger partial charge in [0.05, 0.1) is 10.7 Å². The zero-order chi connectivity index (χ0) is 22.3. The third-order valence-corrected chi connectivity index (χ3v) is 5.62. The number of carbonyl (C=O) groups excluding carboxylic acids is 3. The highest BCUT2D eigenvalue weighted by Crippen LogP contribution is 2.31. The number of carbonyl (C=O) groups is 3. The summed E-state index contributed by atoms with van der Waals surface area (Å²) in [4.78, 5) is 38.9. The van der Waals surface area contributed by atoms with E-state index in [1.54, 1.807) is 19.1 Å². The molecule has 3 rings (SSSR count). The molecule has 1 heterocycles. The number of hydrogen-bond acceptors (Lipinski definition) is 3. The van der Waals surface area contributed by atoms with E-state index in [0.717, 1.165) is 16.0 Å². The normalized spacial score (nSPS) is 19.1. The number of nitrogens with zero attached hydrogens (tertiary/aromatic N) is 1. The Bertz CT molecular complexity index is 1010. The van der Waals surface area contributed by atoms with Crippen LogP contribution in [0.25, 0.3) is 0 Å². The predicted octanol–water partition coefficient (Wildman–Crippen LogP) is 4.35. The number of anilines is 1. The highest BCUT2D eigenvalue weighted by molar-refractivity contribution is 6.33. The first-order valence-electron chi connectivity index (χ1n) is 9.73. The van der Waals surface area contributed by atoms with Gasteiger partial charge >= 0.3 is 6.03 Å². The molecule has 0 radical (unpaired) electrons. The zero-order valence-electron chi connectivity index (χ0n) is 17.8. The van der Waals surface area contributed by atoms with Crippen molar-refractivity contribution in [3.63, 3.8) is 0 Å². The van der Waals surface area contributed by atoms with E-state index in [1.807, 2.05) is 37.3 Å². The largest absolute Gasteiger partial charge is 0.325 e. The molecule has 30 heavy (non-hydrogen) atoms. The van der Waals surface area contributed by atoms with Gasteiger partial charge in [-0.25, -0.2) is 4.79 Å². The van der Waals surface area contributed by atoms with Crippen LogP contribution in [0.4, 0.5) is 10.5 Å². The van der Waals surface area contributed by atoms with Crippen LogP contribution in [-0.2, 0) is 20.5 Å². The van der Waals surface area contributed by atoms with Crippen LogP contribution in [0.3, 0.4) is 0 Å². The highest BCUT2D eigenvalue weighted by Gasteiger charge is 2.49. The Morgan fingerprint density at radius 1 is 1.13 bits per heavy atom. The third kappa shape index (κ3) is 4.19. The molecule has 1 aliphatic heterocycles. The zero-order valence-corrected chi connectivity index (χ0v) is 18.6. The lowest BCUT2D eigenvalue weighted by atomic mass is 9.84. The minimum absolute atomic E-state index is 0.0241. The van der Waals surface area contributed by atoms with Crippen molar-refractivity contribution < 1.29 is 14.4 Å². The fraction of sp³-hybridized carbons (Fsp3) is 0.348. The van der Waals surface area contributed by atoms with Crippen LogP contribution >= 0.6 is 11.6 Å². The molecule has 158 valence electrons. The van der Waals surface area contributed by atoms with Gasteiger partial charge in [0.25, 0.3) is 5.91 Å². The molecule has 0 saturated carbocycles. The lowest BCUT2D eigenvalue weighted by molar-refractivity contribution is -0.133. The average Bonchev–Trinajstić information content (AvgIpc) is 2.87. The summed E-state index contributed by atoms with van der Waals surface area (Å²) < 4.78 is 0. The average molecular weight is 428 g/mol. The number of rotatable bonds is 4. The summed E-state index contributed by atoms with van der Waals surface area (Å²) in [5.41, 5.74) is 1.93. The van der Waals surface area contributed by atoms with E-state index in [1.165, 1.54) is 0 Å². The molecule has 4 amide bonds. The minimum atomic E-state index is -1.23. The number of imide groups is 1. The van der Waals surface area contributed by atoms with Crippen molar-refractivity contribution in [1.82, 2.24) is 10.2 Å². The van der Waals surface area contributed by atoms with E-state index >= 15 is 0 Å². The number of hydrogen-bond donors (Lipinski definition) is 2. The Labute approximate surface area is 181 Å². The molecule has 1 saturated heterocycles. The van der Waals surface area contributed by atoms with E-state index in [2.05, 4.69) is 31.4 Å². The van der Waals surface area contributed by atoms with Crippen molar-refractivity contribution in [2.75, 3.05) is 11.9 Å². The van der Waals surface area contributed by atoms with Crippen LogP contribution in [-0.4, -0.2) is 29.3 Å². The van der Waals surface area contributed by atoms with Crippen LogP contribution in [0.15, 0.2) is 42.5 Å². The number of halogens is 1. The van der Waals surface area contributed by atoms with Crippen molar-refractivity contribution in [3.05, 3.63) is 64.2 Å². The molecule has 1 unspecified atom stereocenters. The number of amides is 4. The van der Waals surface area contributed by atoms with Gasteiger partial charge in [0.2, 0.25) is 5.91 Å². The molecule has 1 fully saturated rings. The first-order valence-corrected chi connectivity index (χ1v) is 10.1. The van der Waals surface area contributed by atoms with Crippen molar-refractivity contribution in [3.8, 4) is 0 Å². The fourth-order valence-electron chi connectivity index (χ4n) is 3.39. The second-order valence-corrected chi connectivity index (χ2v) is 9.21. The third-order valence-electron chi connectivity index (χ3n) is 5.30. The van der Waals surface area contributed by atoms with Crippen molar-refractivity contribution in [2.24, 2.45) is 0 Å². The van der Waals surface area contributed by atoms with Crippen LogP contribution in [0, 0.1) is 6.92 Å². The summed E-state index contributed by atoms with van der Waals surface area (Å²) in [6, 6.07) is 12.2. The number of aryl methyl sites for hydroxylation is 1. The Balaban J connectivity index is 1.76. The summed E-state index contributed by atoms with van der Waals surface area (Å²) in [6.45, 7) is 9.45. The molecule has 1 atom stereocenters. The number of urea groups is 1. The van der Waals surface area contributed by atoms with Gasteiger partial charge in [-0.1, -0.05) is 62.7 Å². The molecule has 0 spiro atoms. The molecule has 1 aliphatic rings.